The number of halogens is 3. The molecule has 0 saturated heterocycles. The van der Waals surface area contributed by atoms with Crippen molar-refractivity contribution < 1.29 is 27.5 Å². The molecule has 0 radical (unpaired) electrons. The molecule has 0 aliphatic carbocycles. The van der Waals surface area contributed by atoms with E-state index >= 15 is 0 Å². The first-order chi connectivity index (χ1) is 14.7. The van der Waals surface area contributed by atoms with E-state index in [0.717, 1.165) is 17.0 Å². The number of hydrogen-bond donors (Lipinski definition) is 1. The van der Waals surface area contributed by atoms with Crippen molar-refractivity contribution in [3.05, 3.63) is 71.9 Å². The van der Waals surface area contributed by atoms with Crippen LogP contribution in [0.25, 0.3) is 0 Å². The van der Waals surface area contributed by atoms with E-state index in [4.69, 9.17) is 0 Å². The Morgan fingerprint density at radius 1 is 1.13 bits per heavy atom. The fourth-order valence-corrected chi connectivity index (χ4v) is 4.07. The second-order valence-electron chi connectivity index (χ2n) is 6.53. The van der Waals surface area contributed by atoms with Gasteiger partial charge in [-0.15, -0.1) is 13.2 Å². The molecule has 2 aromatic carbocycles. The molecule has 1 aliphatic heterocycles. The summed E-state index contributed by atoms with van der Waals surface area (Å²) in [5.41, 5.74) is 1.78. The largest absolute Gasteiger partial charge is 0.573 e. The zero-order valence-corrected chi connectivity index (χ0v) is 16.8. The smallest absolute Gasteiger partial charge is 0.406 e. The standard InChI is InChI=1S/C21H14F3N3O3S/c1-27-16-9-6-13(11-17(16)31-19-15(20(27)29)3-2-10-25-19)26-18(28)12-4-7-14(8-5-12)30-21(22,23)24/h2-11H,1H3,(H,26,28). The number of rotatable bonds is 3. The van der Waals surface area contributed by atoms with Crippen molar-refractivity contribution in [2.24, 2.45) is 0 Å². The SMILES string of the molecule is CN1C(=O)c2cccnc2Sc2cc(NC(=O)c3ccc(OC(F)(F)F)cc3)ccc21. The average molecular weight is 445 g/mol. The lowest BCUT2D eigenvalue weighted by atomic mass is 10.2. The fraction of sp³-hybridized carbons (Fsp3) is 0.0952. The van der Waals surface area contributed by atoms with Crippen LogP contribution in [0.2, 0.25) is 0 Å². The fourth-order valence-electron chi connectivity index (χ4n) is 2.99. The summed E-state index contributed by atoms with van der Waals surface area (Å²) in [7, 11) is 1.66. The van der Waals surface area contributed by atoms with Crippen LogP contribution in [0, 0.1) is 0 Å². The number of nitrogens with zero attached hydrogens (tertiary/aromatic N) is 2. The van der Waals surface area contributed by atoms with Crippen LogP contribution in [-0.2, 0) is 0 Å². The highest BCUT2D eigenvalue weighted by Gasteiger charge is 2.31. The zero-order chi connectivity index (χ0) is 22.2. The van der Waals surface area contributed by atoms with Crippen molar-refractivity contribution in [1.29, 1.82) is 0 Å². The third-order valence-corrected chi connectivity index (χ3v) is 5.51. The number of benzene rings is 2. The number of carbonyl (C=O) groups excluding carboxylic acids is 2. The number of alkyl halides is 3. The zero-order valence-electron chi connectivity index (χ0n) is 15.9. The van der Waals surface area contributed by atoms with Gasteiger partial charge in [-0.3, -0.25) is 9.59 Å². The topological polar surface area (TPSA) is 71.5 Å². The molecule has 0 fully saturated rings. The molecule has 0 saturated carbocycles. The molecule has 0 bridgehead atoms. The predicted octanol–water partition coefficient (Wildman–Crippen LogP) is 4.97. The Hall–Kier alpha value is -3.53. The normalized spacial score (nSPS) is 13.2. The molecule has 2 amide bonds. The van der Waals surface area contributed by atoms with Crippen LogP contribution < -0.4 is 15.0 Å². The third kappa shape index (κ3) is 4.48. The number of amides is 2. The van der Waals surface area contributed by atoms with Gasteiger partial charge in [0.15, 0.2) is 0 Å². The molecule has 0 unspecified atom stereocenters. The minimum Gasteiger partial charge on any atom is -0.406 e. The lowest BCUT2D eigenvalue weighted by Gasteiger charge is -2.18. The molecule has 1 N–H and O–H groups in total. The van der Waals surface area contributed by atoms with Crippen molar-refractivity contribution in [3.63, 3.8) is 0 Å². The summed E-state index contributed by atoms with van der Waals surface area (Å²) in [4.78, 5) is 31.7. The molecule has 4 rings (SSSR count). The van der Waals surface area contributed by atoms with Crippen molar-refractivity contribution >= 4 is 35.0 Å². The van der Waals surface area contributed by atoms with Gasteiger partial charge < -0.3 is 15.0 Å². The van der Waals surface area contributed by atoms with Crippen molar-refractivity contribution in [1.82, 2.24) is 4.98 Å². The maximum atomic E-state index is 12.7. The second-order valence-corrected chi connectivity index (χ2v) is 7.56. The van der Waals surface area contributed by atoms with Gasteiger partial charge in [-0.1, -0.05) is 11.8 Å². The van der Waals surface area contributed by atoms with Crippen LogP contribution in [0.1, 0.15) is 20.7 Å². The monoisotopic (exact) mass is 445 g/mol. The number of carbonyl (C=O) groups is 2. The molecule has 158 valence electrons. The molecular weight excluding hydrogens is 431 g/mol. The quantitative estimate of drug-likeness (QED) is 0.616. The summed E-state index contributed by atoms with van der Waals surface area (Å²) < 4.78 is 40.6. The first-order valence-corrected chi connectivity index (χ1v) is 9.75. The molecule has 2 heterocycles. The Kier molecular flexibility index (Phi) is 5.32. The number of fused-ring (bicyclic) bond motifs is 2. The maximum absolute atomic E-state index is 12.7. The number of aromatic nitrogens is 1. The summed E-state index contributed by atoms with van der Waals surface area (Å²) in [6.07, 6.45) is -3.20. The highest BCUT2D eigenvalue weighted by Crippen LogP contribution is 2.41. The van der Waals surface area contributed by atoms with E-state index in [1.807, 2.05) is 0 Å². The van der Waals surface area contributed by atoms with E-state index in [1.165, 1.54) is 28.8 Å². The third-order valence-electron chi connectivity index (χ3n) is 4.44. The lowest BCUT2D eigenvalue weighted by molar-refractivity contribution is -0.274. The van der Waals surface area contributed by atoms with Crippen LogP contribution in [0.4, 0.5) is 24.5 Å². The Balaban J connectivity index is 1.55. The first kappa shape index (κ1) is 20.7. The van der Waals surface area contributed by atoms with Gasteiger partial charge in [0.2, 0.25) is 0 Å². The number of hydrogen-bond acceptors (Lipinski definition) is 5. The van der Waals surface area contributed by atoms with Gasteiger partial charge in [0.25, 0.3) is 11.8 Å². The van der Waals surface area contributed by atoms with Crippen LogP contribution in [0.3, 0.4) is 0 Å². The van der Waals surface area contributed by atoms with Gasteiger partial charge in [-0.25, -0.2) is 4.98 Å². The van der Waals surface area contributed by atoms with Crippen LogP contribution in [0.5, 0.6) is 5.75 Å². The van der Waals surface area contributed by atoms with Crippen molar-refractivity contribution in [3.8, 4) is 5.75 Å². The van der Waals surface area contributed by atoms with Crippen molar-refractivity contribution in [2.45, 2.75) is 16.3 Å². The van der Waals surface area contributed by atoms with Gasteiger partial charge in [0, 0.05) is 29.4 Å². The number of ether oxygens (including phenoxy) is 1. The molecule has 0 atom stereocenters. The predicted molar refractivity (Wildman–Crippen MR) is 109 cm³/mol. The van der Waals surface area contributed by atoms with E-state index in [1.54, 1.807) is 43.6 Å². The summed E-state index contributed by atoms with van der Waals surface area (Å²) >= 11 is 1.31. The van der Waals surface area contributed by atoms with E-state index in [2.05, 4.69) is 15.0 Å². The minimum absolute atomic E-state index is 0.163. The van der Waals surface area contributed by atoms with Crippen LogP contribution >= 0.6 is 11.8 Å². The number of anilines is 2. The van der Waals surface area contributed by atoms with Crippen LogP contribution in [-0.4, -0.2) is 30.2 Å². The highest BCUT2D eigenvalue weighted by molar-refractivity contribution is 7.99. The van der Waals surface area contributed by atoms with E-state index in [-0.39, 0.29) is 11.5 Å². The minimum atomic E-state index is -4.80. The van der Waals surface area contributed by atoms with Crippen LogP contribution in [0.15, 0.2) is 70.7 Å². The van der Waals surface area contributed by atoms with Gasteiger partial charge in [0.1, 0.15) is 10.8 Å². The number of pyridine rings is 1. The Morgan fingerprint density at radius 2 is 1.87 bits per heavy atom. The van der Waals surface area contributed by atoms with Gasteiger partial charge >= 0.3 is 6.36 Å². The Morgan fingerprint density at radius 3 is 2.58 bits per heavy atom. The summed E-state index contributed by atoms with van der Waals surface area (Å²) in [6.45, 7) is 0. The van der Waals surface area contributed by atoms with E-state index in [0.29, 0.717) is 22.0 Å². The van der Waals surface area contributed by atoms with E-state index < -0.39 is 18.0 Å². The molecule has 31 heavy (non-hydrogen) atoms. The molecular formula is C21H14F3N3O3S. The van der Waals surface area contributed by atoms with Gasteiger partial charge in [-0.2, -0.15) is 0 Å². The molecule has 6 nitrogen and oxygen atoms in total. The maximum Gasteiger partial charge on any atom is 0.573 e. The van der Waals surface area contributed by atoms with Gasteiger partial charge in [0.05, 0.1) is 11.3 Å². The summed E-state index contributed by atoms with van der Waals surface area (Å²) in [5.74, 6) is -1.10. The van der Waals surface area contributed by atoms with Gasteiger partial charge in [-0.05, 0) is 54.6 Å². The summed E-state index contributed by atoms with van der Waals surface area (Å²) in [5, 5.41) is 3.26. The van der Waals surface area contributed by atoms with Crippen molar-refractivity contribution in [2.75, 3.05) is 17.3 Å². The summed E-state index contributed by atoms with van der Waals surface area (Å²) in [6, 6.07) is 13.1. The molecule has 0 spiro atoms. The Labute approximate surface area is 179 Å². The molecule has 10 heteroatoms. The lowest BCUT2D eigenvalue weighted by Crippen LogP contribution is -2.26. The molecule has 3 aromatic rings. The van der Waals surface area contributed by atoms with E-state index in [9.17, 15) is 22.8 Å². The molecule has 1 aliphatic rings. The first-order valence-electron chi connectivity index (χ1n) is 8.93. The highest BCUT2D eigenvalue weighted by atomic mass is 32.2. The molecule has 1 aromatic heterocycles. The Bertz CT molecular complexity index is 1170. The second kappa shape index (κ2) is 7.95. The average Bonchev–Trinajstić information content (AvgIpc) is 2.82. The number of nitrogens with one attached hydrogen (secondary N) is 1.